The third-order valence-electron chi connectivity index (χ3n) is 3.56. The van der Waals surface area contributed by atoms with Gasteiger partial charge < -0.3 is 10.4 Å². The summed E-state index contributed by atoms with van der Waals surface area (Å²) in [7, 11) is 0. The van der Waals surface area contributed by atoms with Crippen LogP contribution in [-0.4, -0.2) is 23.4 Å². The van der Waals surface area contributed by atoms with Crippen LogP contribution in [-0.2, 0) is 5.60 Å². The smallest absolute Gasteiger partial charge is 0.369 e. The number of amides is 1. The van der Waals surface area contributed by atoms with Gasteiger partial charge in [-0.25, -0.2) is 0 Å². The molecule has 3 nitrogen and oxygen atoms in total. The molecule has 2 N–H and O–H groups in total. The van der Waals surface area contributed by atoms with Gasteiger partial charge in [-0.05, 0) is 24.3 Å². The van der Waals surface area contributed by atoms with E-state index in [0.29, 0.717) is 12.1 Å². The number of alkyl halides is 6. The highest BCUT2D eigenvalue weighted by Gasteiger charge is 2.72. The van der Waals surface area contributed by atoms with Crippen LogP contribution >= 0.6 is 23.2 Å². The summed E-state index contributed by atoms with van der Waals surface area (Å²) in [6.45, 7) is 0. The molecule has 0 atom stereocenters. The molecule has 0 fully saturated rings. The number of aliphatic hydroxyl groups is 1. The van der Waals surface area contributed by atoms with Gasteiger partial charge in [-0.15, -0.1) is 0 Å². The maximum atomic E-state index is 12.9. The van der Waals surface area contributed by atoms with Crippen molar-refractivity contribution in [2.75, 3.05) is 5.32 Å². The quantitative estimate of drug-likeness (QED) is 0.625. The molecule has 0 aliphatic rings. The number of halogens is 8. The lowest BCUT2D eigenvalue weighted by Gasteiger charge is -2.33. The first-order valence-electron chi connectivity index (χ1n) is 7.00. The Bertz CT molecular complexity index is 853. The Morgan fingerprint density at radius 2 is 1.44 bits per heavy atom. The SMILES string of the molecule is O=C(Nc1ccc(C(O)(C(F)(F)F)C(F)(F)F)c(Cl)c1)c1ccccc1Cl. The number of hydrogen-bond donors (Lipinski definition) is 2. The molecule has 146 valence electrons. The van der Waals surface area contributed by atoms with Crippen LogP contribution in [0.1, 0.15) is 15.9 Å². The van der Waals surface area contributed by atoms with Gasteiger partial charge in [0.15, 0.2) is 0 Å². The largest absolute Gasteiger partial charge is 0.430 e. The number of hydrogen-bond acceptors (Lipinski definition) is 2. The minimum Gasteiger partial charge on any atom is -0.369 e. The normalized spacial score (nSPS) is 12.8. The first-order chi connectivity index (χ1) is 12.3. The molecule has 2 rings (SSSR count). The van der Waals surface area contributed by atoms with E-state index in [1.54, 1.807) is 6.07 Å². The van der Waals surface area contributed by atoms with E-state index in [-0.39, 0.29) is 16.3 Å². The van der Waals surface area contributed by atoms with Gasteiger partial charge in [0.25, 0.3) is 11.5 Å². The molecule has 0 unspecified atom stereocenters. The highest BCUT2D eigenvalue weighted by molar-refractivity contribution is 6.34. The third-order valence-corrected chi connectivity index (χ3v) is 4.20. The Morgan fingerprint density at radius 3 is 1.93 bits per heavy atom. The maximum absolute atomic E-state index is 12.9. The predicted molar refractivity (Wildman–Crippen MR) is 86.9 cm³/mol. The third kappa shape index (κ3) is 3.99. The van der Waals surface area contributed by atoms with E-state index in [4.69, 9.17) is 23.2 Å². The second-order valence-electron chi connectivity index (χ2n) is 5.33. The minimum absolute atomic E-state index is 0.0291. The van der Waals surface area contributed by atoms with Gasteiger partial charge in [0.05, 0.1) is 10.6 Å². The average molecular weight is 432 g/mol. The van der Waals surface area contributed by atoms with Crippen LogP contribution in [0.15, 0.2) is 42.5 Å². The summed E-state index contributed by atoms with van der Waals surface area (Å²) in [6.07, 6.45) is -12.1. The van der Waals surface area contributed by atoms with Crippen LogP contribution < -0.4 is 5.32 Å². The molecule has 0 heterocycles. The fourth-order valence-electron chi connectivity index (χ4n) is 2.20. The van der Waals surface area contributed by atoms with Crippen LogP contribution in [0, 0.1) is 0 Å². The lowest BCUT2D eigenvalue weighted by atomic mass is 9.92. The molecule has 0 aliphatic heterocycles. The standard InChI is InChI=1S/C16H9Cl2F6NO2/c17-11-4-2-1-3-9(11)13(26)25-8-5-6-10(12(18)7-8)14(27,15(19,20)21)16(22,23)24/h1-7,27H,(H,25,26). The zero-order valence-corrected chi connectivity index (χ0v) is 14.4. The zero-order chi connectivity index (χ0) is 20.6. The van der Waals surface area contributed by atoms with E-state index in [1.165, 1.54) is 18.2 Å². The number of carbonyl (C=O) groups is 1. The van der Waals surface area contributed by atoms with Crippen molar-refractivity contribution in [1.82, 2.24) is 0 Å². The van der Waals surface area contributed by atoms with Gasteiger partial charge in [0.1, 0.15) is 0 Å². The second-order valence-corrected chi connectivity index (χ2v) is 6.15. The van der Waals surface area contributed by atoms with Gasteiger partial charge in [-0.2, -0.15) is 26.3 Å². The monoisotopic (exact) mass is 431 g/mol. The van der Waals surface area contributed by atoms with Crippen LogP contribution in [0.2, 0.25) is 10.0 Å². The van der Waals surface area contributed by atoms with Crippen LogP contribution in [0.5, 0.6) is 0 Å². The van der Waals surface area contributed by atoms with Gasteiger partial charge in [0.2, 0.25) is 0 Å². The summed E-state index contributed by atoms with van der Waals surface area (Å²) in [6, 6.07) is 7.58. The van der Waals surface area contributed by atoms with Crippen molar-refractivity contribution >= 4 is 34.8 Å². The van der Waals surface area contributed by atoms with Crippen molar-refractivity contribution in [3.05, 3.63) is 63.6 Å². The van der Waals surface area contributed by atoms with E-state index in [1.807, 2.05) is 0 Å². The predicted octanol–water partition coefficient (Wildman–Crippen LogP) is 5.56. The van der Waals surface area contributed by atoms with Crippen molar-refractivity contribution in [3.63, 3.8) is 0 Å². The zero-order valence-electron chi connectivity index (χ0n) is 12.9. The fraction of sp³-hybridized carbons (Fsp3) is 0.188. The summed E-state index contributed by atoms with van der Waals surface area (Å²) < 4.78 is 77.6. The molecule has 0 bridgehead atoms. The lowest BCUT2D eigenvalue weighted by Crippen LogP contribution is -2.54. The number of benzene rings is 2. The highest BCUT2D eigenvalue weighted by atomic mass is 35.5. The maximum Gasteiger partial charge on any atom is 0.430 e. The fourth-order valence-corrected chi connectivity index (χ4v) is 2.74. The highest BCUT2D eigenvalue weighted by Crippen LogP contribution is 2.51. The molecule has 2 aromatic rings. The molecule has 0 spiro atoms. The molecule has 11 heteroatoms. The number of carbonyl (C=O) groups excluding carboxylic acids is 1. The van der Waals surface area contributed by atoms with Crippen LogP contribution in [0.4, 0.5) is 32.0 Å². The number of nitrogens with one attached hydrogen (secondary N) is 1. The van der Waals surface area contributed by atoms with Crippen molar-refractivity contribution < 1.29 is 36.2 Å². The van der Waals surface area contributed by atoms with Crippen molar-refractivity contribution in [2.24, 2.45) is 0 Å². The van der Waals surface area contributed by atoms with E-state index in [0.717, 1.165) is 6.07 Å². The number of rotatable bonds is 3. The van der Waals surface area contributed by atoms with E-state index < -0.39 is 34.4 Å². The van der Waals surface area contributed by atoms with E-state index >= 15 is 0 Å². The molecular weight excluding hydrogens is 423 g/mol. The molecular formula is C16H9Cl2F6NO2. The van der Waals surface area contributed by atoms with Crippen LogP contribution in [0.3, 0.4) is 0 Å². The van der Waals surface area contributed by atoms with Crippen LogP contribution in [0.25, 0.3) is 0 Å². The molecule has 1 amide bonds. The second kappa shape index (κ2) is 7.21. The van der Waals surface area contributed by atoms with Crippen molar-refractivity contribution in [1.29, 1.82) is 0 Å². The van der Waals surface area contributed by atoms with Gasteiger partial charge in [-0.1, -0.05) is 41.4 Å². The first kappa shape index (κ1) is 21.3. The average Bonchev–Trinajstić information content (AvgIpc) is 2.52. The van der Waals surface area contributed by atoms with Gasteiger partial charge in [0, 0.05) is 16.3 Å². The van der Waals surface area contributed by atoms with Crippen molar-refractivity contribution in [2.45, 2.75) is 18.0 Å². The van der Waals surface area contributed by atoms with E-state index in [9.17, 15) is 36.2 Å². The first-order valence-corrected chi connectivity index (χ1v) is 7.76. The Hall–Kier alpha value is -1.97. The molecule has 27 heavy (non-hydrogen) atoms. The van der Waals surface area contributed by atoms with E-state index in [2.05, 4.69) is 5.32 Å². The Labute approximate surface area is 158 Å². The molecule has 2 aromatic carbocycles. The van der Waals surface area contributed by atoms with Gasteiger partial charge in [-0.3, -0.25) is 4.79 Å². The summed E-state index contributed by atoms with van der Waals surface area (Å²) >= 11 is 11.4. The Balaban J connectivity index is 2.41. The van der Waals surface area contributed by atoms with Crippen molar-refractivity contribution in [3.8, 4) is 0 Å². The Morgan fingerprint density at radius 1 is 0.889 bits per heavy atom. The summed E-state index contributed by atoms with van der Waals surface area (Å²) in [5, 5.41) is 10.7. The summed E-state index contributed by atoms with van der Waals surface area (Å²) in [5.74, 6) is -0.758. The Kier molecular flexibility index (Phi) is 5.70. The topological polar surface area (TPSA) is 49.3 Å². The summed E-state index contributed by atoms with van der Waals surface area (Å²) in [5.41, 5.74) is -6.94. The lowest BCUT2D eigenvalue weighted by molar-refractivity contribution is -0.376. The molecule has 0 saturated carbocycles. The molecule has 0 radical (unpaired) electrons. The minimum atomic E-state index is -6.07. The van der Waals surface area contributed by atoms with Gasteiger partial charge >= 0.3 is 12.4 Å². The number of anilines is 1. The molecule has 0 saturated heterocycles. The molecule has 0 aliphatic carbocycles. The molecule has 0 aromatic heterocycles. The summed E-state index contributed by atoms with van der Waals surface area (Å²) in [4.78, 5) is 12.1.